The van der Waals surface area contributed by atoms with E-state index in [1.165, 1.54) is 0 Å². The highest BCUT2D eigenvalue weighted by atomic mass is 35.5. The average molecular weight is 434 g/mol. The zero-order valence-electron chi connectivity index (χ0n) is 16.9. The van der Waals surface area contributed by atoms with Crippen LogP contribution in [0, 0.1) is 5.41 Å². The Kier molecular flexibility index (Phi) is 8.32. The number of halogens is 1. The van der Waals surface area contributed by atoms with Gasteiger partial charge in [-0.3, -0.25) is 9.52 Å². The fourth-order valence-electron chi connectivity index (χ4n) is 3.25. The van der Waals surface area contributed by atoms with E-state index < -0.39 is 21.0 Å². The molecule has 0 bridgehead atoms. The molecule has 1 aromatic carbocycles. The Balaban J connectivity index is 0.00000392. The molecule has 0 saturated heterocycles. The van der Waals surface area contributed by atoms with Crippen molar-refractivity contribution >= 4 is 39.7 Å². The van der Waals surface area contributed by atoms with Gasteiger partial charge in [-0.2, -0.15) is 0 Å². The predicted octanol–water partition coefficient (Wildman–Crippen LogP) is 3.12. The third kappa shape index (κ3) is 5.17. The quantitative estimate of drug-likeness (QED) is 0.554. The average Bonchev–Trinajstić information content (AvgIpc) is 2.61. The maximum absolute atomic E-state index is 12.7. The van der Waals surface area contributed by atoms with Gasteiger partial charge in [0.2, 0.25) is 15.9 Å². The van der Waals surface area contributed by atoms with Crippen LogP contribution in [0.1, 0.15) is 47.0 Å². The highest BCUT2D eigenvalue weighted by Crippen LogP contribution is 2.50. The van der Waals surface area contributed by atoms with Crippen molar-refractivity contribution < 1.29 is 17.9 Å². The maximum atomic E-state index is 12.7. The van der Waals surface area contributed by atoms with Gasteiger partial charge < -0.3 is 15.8 Å². The summed E-state index contributed by atoms with van der Waals surface area (Å²) in [6, 6.07) is 6.56. The van der Waals surface area contributed by atoms with Gasteiger partial charge in [-0.05, 0) is 37.6 Å². The standard InChI is InChI=1S/C19H31N3O4S.ClH/c1-5-7-12-27(24,25)22-15-10-8-14(9-11-15)21-17(23)19(20)13-16(26-6-2)18(19,3)4;/h8-11,16,22H,5-7,12-13,20H2,1-4H3,(H,21,23);1H. The lowest BCUT2D eigenvalue weighted by Crippen LogP contribution is -2.74. The van der Waals surface area contributed by atoms with Crippen molar-refractivity contribution in [3.63, 3.8) is 0 Å². The number of hydrogen-bond donors (Lipinski definition) is 3. The zero-order chi connectivity index (χ0) is 20.3. The van der Waals surface area contributed by atoms with Gasteiger partial charge in [-0.15, -0.1) is 12.4 Å². The molecule has 4 N–H and O–H groups in total. The van der Waals surface area contributed by atoms with Crippen LogP contribution in [0.15, 0.2) is 24.3 Å². The molecule has 28 heavy (non-hydrogen) atoms. The first-order valence-corrected chi connectivity index (χ1v) is 11.0. The minimum absolute atomic E-state index is 0. The van der Waals surface area contributed by atoms with Gasteiger partial charge in [0.25, 0.3) is 0 Å². The maximum Gasteiger partial charge on any atom is 0.245 e. The summed E-state index contributed by atoms with van der Waals surface area (Å²) in [7, 11) is -3.35. The van der Waals surface area contributed by atoms with Crippen molar-refractivity contribution in [2.45, 2.75) is 58.6 Å². The first-order chi connectivity index (χ1) is 12.6. The van der Waals surface area contributed by atoms with Crippen molar-refractivity contribution in [2.75, 3.05) is 22.4 Å². The number of nitrogens with two attached hydrogens (primary N) is 1. The number of sulfonamides is 1. The van der Waals surface area contributed by atoms with Crippen molar-refractivity contribution in [3.8, 4) is 0 Å². The summed E-state index contributed by atoms with van der Waals surface area (Å²) in [6.45, 7) is 8.32. The van der Waals surface area contributed by atoms with Crippen LogP contribution in [0.5, 0.6) is 0 Å². The van der Waals surface area contributed by atoms with Gasteiger partial charge in [0.05, 0.1) is 11.9 Å². The monoisotopic (exact) mass is 433 g/mol. The number of ether oxygens (including phenoxy) is 1. The first kappa shape index (κ1) is 24.7. The fraction of sp³-hybridized carbons (Fsp3) is 0.632. The third-order valence-corrected chi connectivity index (χ3v) is 6.79. The van der Waals surface area contributed by atoms with Gasteiger partial charge in [0.1, 0.15) is 5.54 Å². The lowest BCUT2D eigenvalue weighted by molar-refractivity contribution is -0.166. The van der Waals surface area contributed by atoms with E-state index in [-0.39, 0.29) is 30.2 Å². The van der Waals surface area contributed by atoms with Crippen molar-refractivity contribution in [2.24, 2.45) is 11.1 Å². The molecular weight excluding hydrogens is 402 g/mol. The first-order valence-electron chi connectivity index (χ1n) is 9.38. The predicted molar refractivity (Wildman–Crippen MR) is 115 cm³/mol. The van der Waals surface area contributed by atoms with Crippen LogP contribution in [0.3, 0.4) is 0 Å². The van der Waals surface area contributed by atoms with Crippen LogP contribution < -0.4 is 15.8 Å². The number of unbranched alkanes of at least 4 members (excludes halogenated alkanes) is 1. The molecule has 7 nitrogen and oxygen atoms in total. The van der Waals surface area contributed by atoms with Crippen LogP contribution in [-0.2, 0) is 19.6 Å². The molecule has 160 valence electrons. The smallest absolute Gasteiger partial charge is 0.245 e. The van der Waals surface area contributed by atoms with Gasteiger partial charge in [0, 0.05) is 29.8 Å². The van der Waals surface area contributed by atoms with Gasteiger partial charge in [0.15, 0.2) is 0 Å². The van der Waals surface area contributed by atoms with E-state index in [2.05, 4.69) is 10.0 Å². The summed E-state index contributed by atoms with van der Waals surface area (Å²) in [5.74, 6) is -0.173. The highest BCUT2D eigenvalue weighted by Gasteiger charge is 2.62. The topological polar surface area (TPSA) is 111 Å². The van der Waals surface area contributed by atoms with Crippen LogP contribution >= 0.6 is 12.4 Å². The highest BCUT2D eigenvalue weighted by molar-refractivity contribution is 7.92. The van der Waals surface area contributed by atoms with E-state index in [9.17, 15) is 13.2 Å². The largest absolute Gasteiger partial charge is 0.378 e. The summed E-state index contributed by atoms with van der Waals surface area (Å²) in [4.78, 5) is 12.7. The lowest BCUT2D eigenvalue weighted by atomic mass is 9.54. The molecule has 2 unspecified atom stereocenters. The van der Waals surface area contributed by atoms with Crippen LogP contribution in [0.4, 0.5) is 11.4 Å². The number of carbonyl (C=O) groups excluding carboxylic acids is 1. The molecular formula is C19H32ClN3O4S. The molecule has 1 saturated carbocycles. The molecule has 0 aliphatic heterocycles. The molecule has 2 rings (SSSR count). The molecule has 1 aliphatic carbocycles. The summed E-state index contributed by atoms with van der Waals surface area (Å²) in [5, 5.41) is 2.83. The Bertz CT molecular complexity index is 768. The van der Waals surface area contributed by atoms with E-state index in [1.807, 2.05) is 27.7 Å². The van der Waals surface area contributed by atoms with Crippen LogP contribution in [-0.4, -0.2) is 38.3 Å². The normalized spacial score (nSPS) is 23.2. The van der Waals surface area contributed by atoms with E-state index in [4.69, 9.17) is 10.5 Å². The molecule has 1 aliphatic rings. The van der Waals surface area contributed by atoms with E-state index in [0.29, 0.717) is 30.8 Å². The van der Waals surface area contributed by atoms with Gasteiger partial charge in [-0.1, -0.05) is 27.2 Å². The summed E-state index contributed by atoms with van der Waals surface area (Å²) in [6.07, 6.45) is 1.85. The molecule has 0 spiro atoms. The van der Waals surface area contributed by atoms with Crippen molar-refractivity contribution in [1.82, 2.24) is 0 Å². The minimum atomic E-state index is -3.35. The third-order valence-electron chi connectivity index (χ3n) is 5.42. The van der Waals surface area contributed by atoms with Gasteiger partial charge in [-0.25, -0.2) is 8.42 Å². The van der Waals surface area contributed by atoms with E-state index >= 15 is 0 Å². The number of amides is 1. The number of carbonyl (C=O) groups is 1. The second-order valence-electron chi connectivity index (χ2n) is 7.65. The number of anilines is 2. The van der Waals surface area contributed by atoms with E-state index in [1.54, 1.807) is 24.3 Å². The molecule has 1 aromatic rings. The minimum Gasteiger partial charge on any atom is -0.378 e. The molecule has 0 heterocycles. The lowest BCUT2D eigenvalue weighted by Gasteiger charge is -2.57. The molecule has 2 atom stereocenters. The van der Waals surface area contributed by atoms with Gasteiger partial charge >= 0.3 is 0 Å². The Morgan fingerprint density at radius 1 is 1.21 bits per heavy atom. The molecule has 1 amide bonds. The SMILES string of the molecule is CCCCS(=O)(=O)Nc1ccc(NC(=O)C2(N)CC(OCC)C2(C)C)cc1.Cl. The molecule has 0 aromatic heterocycles. The number of benzene rings is 1. The number of rotatable bonds is 9. The molecule has 1 fully saturated rings. The number of hydrogen-bond acceptors (Lipinski definition) is 5. The Morgan fingerprint density at radius 3 is 2.29 bits per heavy atom. The zero-order valence-corrected chi connectivity index (χ0v) is 18.6. The number of nitrogens with one attached hydrogen (secondary N) is 2. The fourth-order valence-corrected chi connectivity index (χ4v) is 4.52. The second-order valence-corrected chi connectivity index (χ2v) is 9.49. The Morgan fingerprint density at radius 2 is 1.79 bits per heavy atom. The molecule has 9 heteroatoms. The second kappa shape index (κ2) is 9.43. The Hall–Kier alpha value is -1.35. The summed E-state index contributed by atoms with van der Waals surface area (Å²) >= 11 is 0. The van der Waals surface area contributed by atoms with Crippen LogP contribution in [0.25, 0.3) is 0 Å². The van der Waals surface area contributed by atoms with Crippen molar-refractivity contribution in [1.29, 1.82) is 0 Å². The van der Waals surface area contributed by atoms with Crippen LogP contribution in [0.2, 0.25) is 0 Å². The van der Waals surface area contributed by atoms with E-state index in [0.717, 1.165) is 6.42 Å². The Labute approximate surface area is 174 Å². The van der Waals surface area contributed by atoms with Crippen molar-refractivity contribution in [3.05, 3.63) is 24.3 Å². The summed E-state index contributed by atoms with van der Waals surface area (Å²) in [5.41, 5.74) is 5.92. The summed E-state index contributed by atoms with van der Waals surface area (Å²) < 4.78 is 32.1. The molecule has 0 radical (unpaired) electrons.